The van der Waals surface area contributed by atoms with E-state index < -0.39 is 0 Å². The molecule has 0 aliphatic carbocycles. The van der Waals surface area contributed by atoms with Crippen molar-refractivity contribution in [1.82, 2.24) is 15.0 Å². The molecule has 0 amide bonds. The van der Waals surface area contributed by atoms with Crippen LogP contribution >= 0.6 is 0 Å². The van der Waals surface area contributed by atoms with Gasteiger partial charge in [-0.05, 0) is 48.4 Å². The Morgan fingerprint density at radius 2 is 1.85 bits per heavy atom. The van der Waals surface area contributed by atoms with Crippen LogP contribution in [0.5, 0.6) is 17.2 Å². The van der Waals surface area contributed by atoms with Gasteiger partial charge in [-0.2, -0.15) is 0 Å². The van der Waals surface area contributed by atoms with E-state index in [-0.39, 0.29) is 0 Å². The zero-order chi connectivity index (χ0) is 18.4. The Kier molecular flexibility index (Phi) is 5.53. The monoisotopic (exact) mass is 351 g/mol. The molecule has 0 radical (unpaired) electrons. The first-order valence-corrected chi connectivity index (χ1v) is 8.19. The number of nitrogens with zero attached hydrogens (tertiary/aromatic N) is 3. The molecule has 2 aromatic carbocycles. The van der Waals surface area contributed by atoms with Crippen LogP contribution in [0.25, 0.3) is 5.69 Å². The highest BCUT2D eigenvalue weighted by Gasteiger charge is 2.08. The average molecular weight is 351 g/mol. The second-order valence-electron chi connectivity index (χ2n) is 5.62. The summed E-state index contributed by atoms with van der Waals surface area (Å²) in [7, 11) is 3.26. The molecule has 134 valence electrons. The predicted molar refractivity (Wildman–Crippen MR) is 99.1 cm³/mol. The van der Waals surface area contributed by atoms with Crippen LogP contribution in [0.4, 0.5) is 0 Å². The highest BCUT2D eigenvalue weighted by Crippen LogP contribution is 2.29. The van der Waals surface area contributed by atoms with Crippen molar-refractivity contribution in [3.8, 4) is 22.9 Å². The van der Waals surface area contributed by atoms with Gasteiger partial charge >= 0.3 is 0 Å². The molecular weight excluding hydrogens is 330 g/mol. The second kappa shape index (κ2) is 8.20. The van der Waals surface area contributed by atoms with E-state index in [0.29, 0.717) is 18.1 Å². The van der Waals surface area contributed by atoms with Gasteiger partial charge in [0.1, 0.15) is 18.1 Å². The maximum Gasteiger partial charge on any atom is 0.161 e. The van der Waals surface area contributed by atoms with E-state index in [2.05, 4.69) is 16.9 Å². The maximum absolute atomic E-state index is 5.85. The van der Waals surface area contributed by atoms with Crippen molar-refractivity contribution < 1.29 is 14.2 Å². The molecule has 0 spiro atoms. The number of hydrogen-bond donors (Lipinski definition) is 0. The molecule has 3 rings (SSSR count). The summed E-state index contributed by atoms with van der Waals surface area (Å²) in [4.78, 5) is 0. The molecule has 0 aliphatic heterocycles. The van der Waals surface area contributed by atoms with Crippen LogP contribution in [0.2, 0.25) is 0 Å². The van der Waals surface area contributed by atoms with Gasteiger partial charge in [-0.3, -0.25) is 0 Å². The minimum Gasteiger partial charge on any atom is -0.497 e. The molecule has 26 heavy (non-hydrogen) atoms. The molecule has 3 aromatic rings. The number of methoxy groups -OCH3 is 2. The zero-order valence-corrected chi connectivity index (χ0v) is 14.9. The van der Waals surface area contributed by atoms with Crippen LogP contribution in [0.1, 0.15) is 11.3 Å². The topological polar surface area (TPSA) is 58.4 Å². The molecule has 0 saturated carbocycles. The minimum atomic E-state index is 0.299. The van der Waals surface area contributed by atoms with Gasteiger partial charge in [0.25, 0.3) is 0 Å². The Hall–Kier alpha value is -3.28. The standard InChI is InChI=1S/C20H21N3O3/c1-4-5-15-6-11-19(20(12-15)25-3)26-14-16-13-23(22-21-16)17-7-9-18(24-2)10-8-17/h4,6-13H,1,5,14H2,2-3H3. The van der Waals surface area contributed by atoms with Gasteiger partial charge in [0.2, 0.25) is 0 Å². The minimum absolute atomic E-state index is 0.299. The summed E-state index contributed by atoms with van der Waals surface area (Å²) < 4.78 is 18.1. The van der Waals surface area contributed by atoms with E-state index in [4.69, 9.17) is 14.2 Å². The average Bonchev–Trinajstić information content (AvgIpc) is 3.16. The maximum atomic E-state index is 5.85. The third kappa shape index (κ3) is 4.03. The summed E-state index contributed by atoms with van der Waals surface area (Å²) in [5, 5.41) is 8.29. The molecule has 0 aliphatic rings. The van der Waals surface area contributed by atoms with Crippen LogP contribution in [-0.4, -0.2) is 29.2 Å². The lowest BCUT2D eigenvalue weighted by molar-refractivity contribution is 0.280. The second-order valence-corrected chi connectivity index (χ2v) is 5.62. The van der Waals surface area contributed by atoms with E-state index in [1.807, 2.05) is 54.7 Å². The summed E-state index contributed by atoms with van der Waals surface area (Å²) in [5.41, 5.74) is 2.74. The molecule has 6 heteroatoms. The van der Waals surface area contributed by atoms with Gasteiger partial charge in [0.05, 0.1) is 26.1 Å². The Balaban J connectivity index is 1.68. The van der Waals surface area contributed by atoms with Crippen molar-refractivity contribution >= 4 is 0 Å². The number of rotatable bonds is 8. The lowest BCUT2D eigenvalue weighted by atomic mass is 10.1. The molecule has 1 heterocycles. The van der Waals surface area contributed by atoms with Crippen molar-refractivity contribution in [3.63, 3.8) is 0 Å². The fourth-order valence-electron chi connectivity index (χ4n) is 2.50. The Bertz CT molecular complexity index is 872. The Morgan fingerprint density at radius 1 is 1.04 bits per heavy atom. The summed E-state index contributed by atoms with van der Waals surface area (Å²) in [6, 6.07) is 13.4. The van der Waals surface area contributed by atoms with E-state index in [0.717, 1.165) is 29.1 Å². The third-order valence-corrected chi connectivity index (χ3v) is 3.86. The molecule has 0 unspecified atom stereocenters. The number of ether oxygens (including phenoxy) is 3. The lowest BCUT2D eigenvalue weighted by Gasteiger charge is -2.10. The Labute approximate surface area is 152 Å². The van der Waals surface area contributed by atoms with E-state index in [1.165, 1.54) is 0 Å². The largest absolute Gasteiger partial charge is 0.497 e. The van der Waals surface area contributed by atoms with Crippen LogP contribution < -0.4 is 14.2 Å². The normalized spacial score (nSPS) is 10.4. The van der Waals surface area contributed by atoms with E-state index in [1.54, 1.807) is 18.9 Å². The fraction of sp³-hybridized carbons (Fsp3) is 0.200. The number of allylic oxidation sites excluding steroid dienone is 1. The van der Waals surface area contributed by atoms with Crippen molar-refractivity contribution in [3.05, 3.63) is 72.6 Å². The number of aromatic nitrogens is 3. The first-order valence-electron chi connectivity index (χ1n) is 8.19. The smallest absolute Gasteiger partial charge is 0.161 e. The van der Waals surface area contributed by atoms with Crippen LogP contribution in [-0.2, 0) is 13.0 Å². The zero-order valence-electron chi connectivity index (χ0n) is 14.9. The Morgan fingerprint density at radius 3 is 2.54 bits per heavy atom. The molecule has 1 aromatic heterocycles. The summed E-state index contributed by atoms with van der Waals surface area (Å²) in [6.45, 7) is 4.05. The molecular formula is C20H21N3O3. The van der Waals surface area contributed by atoms with Gasteiger partial charge < -0.3 is 14.2 Å². The summed E-state index contributed by atoms with van der Waals surface area (Å²) >= 11 is 0. The molecule has 0 atom stereocenters. The van der Waals surface area contributed by atoms with Crippen LogP contribution in [0, 0.1) is 0 Å². The first kappa shape index (κ1) is 17.5. The van der Waals surface area contributed by atoms with E-state index >= 15 is 0 Å². The van der Waals surface area contributed by atoms with Crippen LogP contribution in [0.3, 0.4) is 0 Å². The van der Waals surface area contributed by atoms with Gasteiger partial charge in [-0.1, -0.05) is 17.4 Å². The van der Waals surface area contributed by atoms with Crippen molar-refractivity contribution in [2.75, 3.05) is 14.2 Å². The van der Waals surface area contributed by atoms with Crippen molar-refractivity contribution in [2.24, 2.45) is 0 Å². The molecule has 0 saturated heterocycles. The van der Waals surface area contributed by atoms with Crippen LogP contribution in [0.15, 0.2) is 61.3 Å². The molecule has 6 nitrogen and oxygen atoms in total. The highest BCUT2D eigenvalue weighted by molar-refractivity contribution is 5.43. The van der Waals surface area contributed by atoms with Crippen molar-refractivity contribution in [1.29, 1.82) is 0 Å². The highest BCUT2D eigenvalue weighted by atomic mass is 16.5. The van der Waals surface area contributed by atoms with Gasteiger partial charge in [0.15, 0.2) is 11.5 Å². The van der Waals surface area contributed by atoms with E-state index in [9.17, 15) is 0 Å². The van der Waals surface area contributed by atoms with Gasteiger partial charge in [-0.15, -0.1) is 11.7 Å². The predicted octanol–water partition coefficient (Wildman–Crippen LogP) is 3.59. The SMILES string of the molecule is C=CCc1ccc(OCc2cn(-c3ccc(OC)cc3)nn2)c(OC)c1. The van der Waals surface area contributed by atoms with Gasteiger partial charge in [-0.25, -0.2) is 4.68 Å². The third-order valence-electron chi connectivity index (χ3n) is 3.86. The van der Waals surface area contributed by atoms with Gasteiger partial charge in [0, 0.05) is 0 Å². The summed E-state index contributed by atoms with van der Waals surface area (Å²) in [6.07, 6.45) is 4.47. The number of hydrogen-bond acceptors (Lipinski definition) is 5. The molecule has 0 N–H and O–H groups in total. The molecule has 0 fully saturated rings. The molecule has 0 bridgehead atoms. The van der Waals surface area contributed by atoms with Crippen molar-refractivity contribution in [2.45, 2.75) is 13.0 Å². The first-order chi connectivity index (χ1) is 12.7. The summed E-state index contributed by atoms with van der Waals surface area (Å²) in [5.74, 6) is 2.15. The quantitative estimate of drug-likeness (QED) is 0.581. The lowest BCUT2D eigenvalue weighted by Crippen LogP contribution is -1.99. The fourth-order valence-corrected chi connectivity index (χ4v) is 2.50. The number of benzene rings is 2.